The van der Waals surface area contributed by atoms with E-state index in [2.05, 4.69) is 6.07 Å². The monoisotopic (exact) mass is 262 g/mol. The Labute approximate surface area is 113 Å². The number of carbonyl (C=O) groups is 1. The number of nitriles is 1. The number of hydrogen-bond donors (Lipinski definition) is 0. The lowest BCUT2D eigenvalue weighted by Gasteiger charge is -2.30. The van der Waals surface area contributed by atoms with Crippen LogP contribution in [-0.2, 0) is 0 Å². The van der Waals surface area contributed by atoms with Crippen LogP contribution in [0.4, 0.5) is 10.1 Å². The quantitative estimate of drug-likeness (QED) is 0.763. The van der Waals surface area contributed by atoms with Crippen LogP contribution in [0.1, 0.15) is 43.1 Å². The summed E-state index contributed by atoms with van der Waals surface area (Å²) >= 11 is 0. The summed E-state index contributed by atoms with van der Waals surface area (Å²) in [5, 5.41) is 8.72. The van der Waals surface area contributed by atoms with E-state index in [4.69, 9.17) is 5.26 Å². The van der Waals surface area contributed by atoms with E-state index in [0.29, 0.717) is 29.8 Å². The van der Waals surface area contributed by atoms with Gasteiger partial charge in [0.05, 0.1) is 12.5 Å². The second-order valence-electron chi connectivity index (χ2n) is 4.87. The first-order valence-electron chi connectivity index (χ1n) is 6.33. The van der Waals surface area contributed by atoms with Gasteiger partial charge in [0, 0.05) is 23.8 Å². The van der Waals surface area contributed by atoms with Crippen molar-refractivity contribution in [2.75, 3.05) is 11.4 Å². The Morgan fingerprint density at radius 3 is 2.58 bits per heavy atom. The molecule has 0 aliphatic carbocycles. The van der Waals surface area contributed by atoms with Crippen LogP contribution in [0.2, 0.25) is 0 Å². The number of hydrogen-bond acceptors (Lipinski definition) is 3. The molecule has 1 aromatic carbocycles. The van der Waals surface area contributed by atoms with E-state index in [1.165, 1.54) is 13.0 Å². The molecule has 102 valence electrons. The highest BCUT2D eigenvalue weighted by atomic mass is 19.1. The molecule has 0 heterocycles. The number of carbonyl (C=O) groups excluding carboxylic acids is 1. The summed E-state index contributed by atoms with van der Waals surface area (Å²) in [6.07, 6.45) is 0.367. The van der Waals surface area contributed by atoms with Crippen molar-refractivity contribution >= 4 is 11.5 Å². The van der Waals surface area contributed by atoms with Gasteiger partial charge in [0.1, 0.15) is 5.82 Å². The van der Waals surface area contributed by atoms with Crippen LogP contribution in [0.25, 0.3) is 0 Å². The van der Waals surface area contributed by atoms with Gasteiger partial charge in [-0.1, -0.05) is 0 Å². The van der Waals surface area contributed by atoms with Crippen molar-refractivity contribution < 1.29 is 9.18 Å². The van der Waals surface area contributed by atoms with E-state index in [9.17, 15) is 9.18 Å². The summed E-state index contributed by atoms with van der Waals surface area (Å²) in [7, 11) is 0. The lowest BCUT2D eigenvalue weighted by molar-refractivity contribution is 0.101. The van der Waals surface area contributed by atoms with E-state index in [1.807, 2.05) is 18.7 Å². The fraction of sp³-hybridized carbons (Fsp3) is 0.467. The first kappa shape index (κ1) is 15.2. The number of aryl methyl sites for hydroxylation is 1. The summed E-state index contributed by atoms with van der Waals surface area (Å²) in [5.41, 5.74) is 1.58. The molecule has 0 aliphatic heterocycles. The number of rotatable bonds is 5. The minimum Gasteiger partial charge on any atom is -0.367 e. The van der Waals surface area contributed by atoms with Crippen molar-refractivity contribution in [3.8, 4) is 6.07 Å². The average molecular weight is 262 g/mol. The van der Waals surface area contributed by atoms with E-state index in [1.54, 1.807) is 13.0 Å². The molecule has 0 aliphatic rings. The first-order chi connectivity index (χ1) is 8.88. The average Bonchev–Trinajstić information content (AvgIpc) is 2.32. The molecule has 0 saturated heterocycles. The van der Waals surface area contributed by atoms with Crippen LogP contribution in [-0.4, -0.2) is 18.4 Å². The molecule has 0 atom stereocenters. The molecule has 0 spiro atoms. The Bertz CT molecular complexity index is 518. The maximum absolute atomic E-state index is 13.6. The van der Waals surface area contributed by atoms with Gasteiger partial charge in [-0.05, 0) is 45.4 Å². The van der Waals surface area contributed by atoms with Gasteiger partial charge in [0.15, 0.2) is 5.78 Å². The summed E-state index contributed by atoms with van der Waals surface area (Å²) < 4.78 is 13.6. The molecule has 1 aromatic rings. The third kappa shape index (κ3) is 3.54. The highest BCUT2D eigenvalue weighted by Crippen LogP contribution is 2.26. The van der Waals surface area contributed by atoms with Gasteiger partial charge in [-0.3, -0.25) is 4.79 Å². The van der Waals surface area contributed by atoms with Gasteiger partial charge in [0.2, 0.25) is 0 Å². The van der Waals surface area contributed by atoms with Crippen LogP contribution in [0.5, 0.6) is 0 Å². The second-order valence-corrected chi connectivity index (χ2v) is 4.87. The van der Waals surface area contributed by atoms with Crippen LogP contribution in [0, 0.1) is 24.1 Å². The molecule has 0 bridgehead atoms. The fourth-order valence-corrected chi connectivity index (χ4v) is 2.01. The van der Waals surface area contributed by atoms with E-state index < -0.39 is 0 Å². The Hall–Kier alpha value is -1.89. The number of anilines is 1. The molecular formula is C15H19FN2O. The normalized spacial score (nSPS) is 10.4. The van der Waals surface area contributed by atoms with Gasteiger partial charge in [0.25, 0.3) is 0 Å². The standard InChI is InChI=1S/C15H19FN2O/c1-10(2)18(7-5-6-17)15-8-11(3)14(16)9-13(15)12(4)19/h8-10H,5,7H2,1-4H3. The number of halogens is 1. The number of benzene rings is 1. The first-order valence-corrected chi connectivity index (χ1v) is 6.33. The Morgan fingerprint density at radius 1 is 1.47 bits per heavy atom. The van der Waals surface area contributed by atoms with Gasteiger partial charge >= 0.3 is 0 Å². The minimum atomic E-state index is -0.377. The molecule has 4 heteroatoms. The van der Waals surface area contributed by atoms with Gasteiger partial charge in [-0.25, -0.2) is 4.39 Å². The molecule has 0 fully saturated rings. The van der Waals surface area contributed by atoms with E-state index in [0.717, 1.165) is 0 Å². The summed E-state index contributed by atoms with van der Waals surface area (Å²) in [6.45, 7) is 7.60. The van der Waals surface area contributed by atoms with Gasteiger partial charge in [-0.15, -0.1) is 0 Å². The van der Waals surface area contributed by atoms with Crippen molar-refractivity contribution in [3.05, 3.63) is 29.1 Å². The van der Waals surface area contributed by atoms with Crippen molar-refractivity contribution in [1.29, 1.82) is 5.26 Å². The largest absolute Gasteiger partial charge is 0.367 e. The van der Waals surface area contributed by atoms with Crippen LogP contribution in [0.3, 0.4) is 0 Å². The zero-order chi connectivity index (χ0) is 14.6. The predicted octanol–water partition coefficient (Wildman–Crippen LogP) is 3.47. The number of Topliss-reactive ketones (excluding diaryl/α,β-unsaturated/α-hetero) is 1. The summed E-state index contributed by atoms with van der Waals surface area (Å²) in [5.74, 6) is -0.547. The molecular weight excluding hydrogens is 243 g/mol. The van der Waals surface area contributed by atoms with Gasteiger partial charge in [-0.2, -0.15) is 5.26 Å². The second kappa shape index (κ2) is 6.33. The zero-order valence-electron chi connectivity index (χ0n) is 11.8. The molecule has 0 radical (unpaired) electrons. The van der Waals surface area contributed by atoms with E-state index >= 15 is 0 Å². The van der Waals surface area contributed by atoms with Crippen LogP contribution < -0.4 is 4.90 Å². The van der Waals surface area contributed by atoms with Crippen molar-refractivity contribution in [2.24, 2.45) is 0 Å². The highest BCUT2D eigenvalue weighted by molar-refractivity contribution is 6.00. The molecule has 0 N–H and O–H groups in total. The lowest BCUT2D eigenvalue weighted by Crippen LogP contribution is -2.33. The van der Waals surface area contributed by atoms with Gasteiger partial charge < -0.3 is 4.90 Å². The van der Waals surface area contributed by atoms with Crippen molar-refractivity contribution in [3.63, 3.8) is 0 Å². The van der Waals surface area contributed by atoms with Crippen molar-refractivity contribution in [2.45, 2.75) is 40.2 Å². The number of nitrogens with zero attached hydrogens (tertiary/aromatic N) is 2. The third-order valence-electron chi connectivity index (χ3n) is 3.05. The maximum Gasteiger partial charge on any atom is 0.161 e. The molecule has 0 unspecified atom stereocenters. The molecule has 1 rings (SSSR count). The summed E-state index contributed by atoms with van der Waals surface area (Å²) in [4.78, 5) is 13.6. The molecule has 3 nitrogen and oxygen atoms in total. The Kier molecular flexibility index (Phi) is 5.05. The predicted molar refractivity (Wildman–Crippen MR) is 73.9 cm³/mol. The van der Waals surface area contributed by atoms with E-state index in [-0.39, 0.29) is 17.6 Å². The maximum atomic E-state index is 13.6. The molecule has 0 aromatic heterocycles. The lowest BCUT2D eigenvalue weighted by atomic mass is 10.0. The van der Waals surface area contributed by atoms with Crippen molar-refractivity contribution in [1.82, 2.24) is 0 Å². The molecule has 0 amide bonds. The minimum absolute atomic E-state index is 0.135. The zero-order valence-corrected chi connectivity index (χ0v) is 11.8. The fourth-order valence-electron chi connectivity index (χ4n) is 2.01. The summed E-state index contributed by atoms with van der Waals surface area (Å²) in [6, 6.07) is 5.20. The Balaban J connectivity index is 3.32. The topological polar surface area (TPSA) is 44.1 Å². The molecule has 19 heavy (non-hydrogen) atoms. The SMILES string of the molecule is CC(=O)c1cc(F)c(C)cc1N(CCC#N)C(C)C. The Morgan fingerprint density at radius 2 is 2.11 bits per heavy atom. The highest BCUT2D eigenvalue weighted by Gasteiger charge is 2.18. The van der Waals surface area contributed by atoms with Crippen LogP contribution in [0.15, 0.2) is 12.1 Å². The third-order valence-corrected chi connectivity index (χ3v) is 3.05. The molecule has 0 saturated carbocycles. The smallest absolute Gasteiger partial charge is 0.161 e. The number of ketones is 1. The van der Waals surface area contributed by atoms with Crippen LogP contribution >= 0.6 is 0 Å².